The molecule has 1 N–H and O–H groups in total. The van der Waals surface area contributed by atoms with Gasteiger partial charge >= 0.3 is 0 Å². The second kappa shape index (κ2) is 5.31. The Balaban J connectivity index is 1.84. The van der Waals surface area contributed by atoms with E-state index in [9.17, 15) is 0 Å². The van der Waals surface area contributed by atoms with E-state index in [1.54, 1.807) is 11.3 Å². The summed E-state index contributed by atoms with van der Waals surface area (Å²) in [5.41, 5.74) is 2.15. The fraction of sp³-hybridized carbons (Fsp3) is 0.133. The van der Waals surface area contributed by atoms with E-state index in [0.29, 0.717) is 6.04 Å². The molecule has 0 fully saturated rings. The number of aromatic nitrogens is 1. The molecule has 0 saturated heterocycles. The Morgan fingerprint density at radius 2 is 2.16 bits per heavy atom. The van der Waals surface area contributed by atoms with Crippen LogP contribution in [0.4, 0.5) is 5.69 Å². The summed E-state index contributed by atoms with van der Waals surface area (Å²) in [6.45, 7) is 2.17. The predicted molar refractivity (Wildman–Crippen MR) is 85.8 cm³/mol. The second-order valence-electron chi connectivity index (χ2n) is 4.44. The number of benzene rings is 1. The molecule has 1 atom stereocenters. The van der Waals surface area contributed by atoms with Crippen LogP contribution in [0.25, 0.3) is 10.9 Å². The van der Waals surface area contributed by atoms with Crippen molar-refractivity contribution in [3.63, 3.8) is 0 Å². The minimum absolute atomic E-state index is 0.297. The normalized spacial score (nSPS) is 12.5. The molecule has 0 amide bonds. The van der Waals surface area contributed by atoms with Gasteiger partial charge in [-0.05, 0) is 53.2 Å². The monoisotopic (exact) mass is 332 g/mol. The highest BCUT2D eigenvalue weighted by Crippen LogP contribution is 2.28. The van der Waals surface area contributed by atoms with E-state index in [1.807, 2.05) is 12.3 Å². The zero-order valence-corrected chi connectivity index (χ0v) is 12.8. The molecule has 1 aromatic carbocycles. The molecule has 0 radical (unpaired) electrons. The quantitative estimate of drug-likeness (QED) is 0.710. The Morgan fingerprint density at radius 1 is 1.26 bits per heavy atom. The first kappa shape index (κ1) is 12.6. The molecule has 4 heteroatoms. The standard InChI is InChI=1S/C15H13BrN2S/c1-10(15-8-12(16)9-19-15)18-13-4-5-14-11(7-13)3-2-6-17-14/h2-10,18H,1H3. The van der Waals surface area contributed by atoms with Crippen molar-refractivity contribution in [1.82, 2.24) is 4.98 Å². The summed E-state index contributed by atoms with van der Waals surface area (Å²) in [7, 11) is 0. The van der Waals surface area contributed by atoms with Gasteiger partial charge in [0.15, 0.2) is 0 Å². The third kappa shape index (κ3) is 2.80. The van der Waals surface area contributed by atoms with E-state index in [1.165, 1.54) is 4.88 Å². The van der Waals surface area contributed by atoms with Crippen molar-refractivity contribution in [1.29, 1.82) is 0 Å². The van der Waals surface area contributed by atoms with Crippen LogP contribution in [0.5, 0.6) is 0 Å². The van der Waals surface area contributed by atoms with Crippen molar-refractivity contribution in [2.45, 2.75) is 13.0 Å². The number of thiophene rings is 1. The summed E-state index contributed by atoms with van der Waals surface area (Å²) in [6, 6.07) is 12.8. The summed E-state index contributed by atoms with van der Waals surface area (Å²) in [6.07, 6.45) is 1.82. The number of hydrogen-bond acceptors (Lipinski definition) is 3. The fourth-order valence-electron chi connectivity index (χ4n) is 2.04. The van der Waals surface area contributed by atoms with Gasteiger partial charge in [0.05, 0.1) is 11.6 Å². The molecule has 0 aliphatic rings. The topological polar surface area (TPSA) is 24.9 Å². The van der Waals surface area contributed by atoms with Gasteiger partial charge in [-0.15, -0.1) is 11.3 Å². The van der Waals surface area contributed by atoms with E-state index in [2.05, 4.69) is 68.9 Å². The molecule has 2 heterocycles. The van der Waals surface area contributed by atoms with Gasteiger partial charge in [0.25, 0.3) is 0 Å². The molecular weight excluding hydrogens is 320 g/mol. The van der Waals surface area contributed by atoms with Gasteiger partial charge in [-0.25, -0.2) is 0 Å². The van der Waals surface area contributed by atoms with Crippen LogP contribution in [0.3, 0.4) is 0 Å². The number of halogens is 1. The summed E-state index contributed by atoms with van der Waals surface area (Å²) < 4.78 is 1.14. The average Bonchev–Trinajstić information content (AvgIpc) is 2.85. The van der Waals surface area contributed by atoms with Gasteiger partial charge in [0, 0.05) is 32.0 Å². The van der Waals surface area contributed by atoms with Crippen LogP contribution >= 0.6 is 27.3 Å². The Labute approximate surface area is 124 Å². The summed E-state index contributed by atoms with van der Waals surface area (Å²) in [4.78, 5) is 5.65. The molecule has 1 unspecified atom stereocenters. The lowest BCUT2D eigenvalue weighted by molar-refractivity contribution is 0.908. The van der Waals surface area contributed by atoms with E-state index >= 15 is 0 Å². The Kier molecular flexibility index (Phi) is 3.53. The third-order valence-corrected chi connectivity index (χ3v) is 4.88. The highest BCUT2D eigenvalue weighted by Gasteiger charge is 2.08. The first-order valence-electron chi connectivity index (χ1n) is 6.07. The first-order valence-corrected chi connectivity index (χ1v) is 7.75. The van der Waals surface area contributed by atoms with Gasteiger partial charge < -0.3 is 5.32 Å². The zero-order chi connectivity index (χ0) is 13.2. The van der Waals surface area contributed by atoms with Gasteiger partial charge in [-0.1, -0.05) is 6.07 Å². The van der Waals surface area contributed by atoms with Crippen molar-refractivity contribution in [3.05, 3.63) is 57.3 Å². The summed E-state index contributed by atoms with van der Waals surface area (Å²) in [5, 5.41) is 6.79. The lowest BCUT2D eigenvalue weighted by Gasteiger charge is -2.14. The highest BCUT2D eigenvalue weighted by molar-refractivity contribution is 9.10. The summed E-state index contributed by atoms with van der Waals surface area (Å²) in [5.74, 6) is 0. The number of nitrogens with zero attached hydrogens (tertiary/aromatic N) is 1. The maximum Gasteiger partial charge on any atom is 0.0703 e. The molecule has 0 aliphatic heterocycles. The molecule has 2 aromatic heterocycles. The van der Waals surface area contributed by atoms with Crippen LogP contribution < -0.4 is 5.32 Å². The molecule has 96 valence electrons. The minimum atomic E-state index is 0.297. The van der Waals surface area contributed by atoms with Crippen molar-refractivity contribution in [2.24, 2.45) is 0 Å². The van der Waals surface area contributed by atoms with Crippen LogP contribution in [0.15, 0.2) is 52.4 Å². The number of fused-ring (bicyclic) bond motifs is 1. The molecule has 19 heavy (non-hydrogen) atoms. The van der Waals surface area contributed by atoms with Crippen LogP contribution in [0, 0.1) is 0 Å². The molecule has 0 aliphatic carbocycles. The minimum Gasteiger partial charge on any atom is -0.378 e. The molecule has 0 spiro atoms. The number of pyridine rings is 1. The van der Waals surface area contributed by atoms with Crippen LogP contribution in [-0.4, -0.2) is 4.98 Å². The highest BCUT2D eigenvalue weighted by atomic mass is 79.9. The Morgan fingerprint density at radius 3 is 2.95 bits per heavy atom. The van der Waals surface area contributed by atoms with Gasteiger partial charge in [-0.2, -0.15) is 0 Å². The van der Waals surface area contributed by atoms with E-state index in [-0.39, 0.29) is 0 Å². The zero-order valence-electron chi connectivity index (χ0n) is 10.4. The number of anilines is 1. The van der Waals surface area contributed by atoms with E-state index in [4.69, 9.17) is 0 Å². The Bertz CT molecular complexity index is 708. The maximum atomic E-state index is 4.33. The molecule has 0 saturated carbocycles. The molecule has 0 bridgehead atoms. The summed E-state index contributed by atoms with van der Waals surface area (Å²) >= 11 is 5.25. The largest absolute Gasteiger partial charge is 0.378 e. The van der Waals surface area contributed by atoms with E-state index in [0.717, 1.165) is 21.1 Å². The van der Waals surface area contributed by atoms with Gasteiger partial charge in [-0.3, -0.25) is 4.98 Å². The SMILES string of the molecule is CC(Nc1ccc2ncccc2c1)c1cc(Br)cs1. The van der Waals surface area contributed by atoms with Crippen LogP contribution in [0.2, 0.25) is 0 Å². The van der Waals surface area contributed by atoms with Gasteiger partial charge in [0.1, 0.15) is 0 Å². The van der Waals surface area contributed by atoms with Crippen molar-refractivity contribution < 1.29 is 0 Å². The average molecular weight is 333 g/mol. The number of hydrogen-bond donors (Lipinski definition) is 1. The smallest absolute Gasteiger partial charge is 0.0703 e. The van der Waals surface area contributed by atoms with Crippen molar-refractivity contribution >= 4 is 43.9 Å². The first-order chi connectivity index (χ1) is 9.22. The number of nitrogens with one attached hydrogen (secondary N) is 1. The lowest BCUT2D eigenvalue weighted by atomic mass is 10.2. The molecule has 3 rings (SSSR count). The van der Waals surface area contributed by atoms with E-state index < -0.39 is 0 Å². The molecule has 2 nitrogen and oxygen atoms in total. The third-order valence-electron chi connectivity index (χ3n) is 3.00. The van der Waals surface area contributed by atoms with Crippen molar-refractivity contribution in [3.8, 4) is 0 Å². The van der Waals surface area contributed by atoms with Crippen LogP contribution in [-0.2, 0) is 0 Å². The Hall–Kier alpha value is -1.39. The van der Waals surface area contributed by atoms with Gasteiger partial charge in [0.2, 0.25) is 0 Å². The second-order valence-corrected chi connectivity index (χ2v) is 6.30. The lowest BCUT2D eigenvalue weighted by Crippen LogP contribution is -2.04. The van der Waals surface area contributed by atoms with Crippen LogP contribution in [0.1, 0.15) is 17.8 Å². The maximum absolute atomic E-state index is 4.33. The van der Waals surface area contributed by atoms with Crippen molar-refractivity contribution in [2.75, 3.05) is 5.32 Å². The number of rotatable bonds is 3. The molecular formula is C15H13BrN2S. The fourth-order valence-corrected chi connectivity index (χ4v) is 3.50. The molecule has 3 aromatic rings. The predicted octanol–water partition coefficient (Wildman–Crippen LogP) is 5.23.